The second-order valence-electron chi connectivity index (χ2n) is 3.76. The van der Waals surface area contributed by atoms with Gasteiger partial charge in [0.2, 0.25) is 0 Å². The van der Waals surface area contributed by atoms with Gasteiger partial charge in [-0.3, -0.25) is 9.78 Å². The Hall–Kier alpha value is -1.23. The lowest BCUT2D eigenvalue weighted by Crippen LogP contribution is -2.26. The molecule has 17 heavy (non-hydrogen) atoms. The van der Waals surface area contributed by atoms with Crippen molar-refractivity contribution >= 4 is 23.4 Å². The first-order valence-electron chi connectivity index (χ1n) is 5.61. The molecule has 0 aliphatic rings. The normalized spacial score (nSPS) is 11.9. The molecule has 0 aliphatic carbocycles. The number of nitrogens with zero attached hydrogens (tertiary/aromatic N) is 1. The molecule has 2 N–H and O–H groups in total. The number of carbonyl (C=O) groups excluding carboxylic acids is 1. The van der Waals surface area contributed by atoms with Gasteiger partial charge in [-0.25, -0.2) is 0 Å². The summed E-state index contributed by atoms with van der Waals surface area (Å²) in [6.07, 6.45) is 6.30. The summed E-state index contributed by atoms with van der Waals surface area (Å²) in [7, 11) is 1.79. The van der Waals surface area contributed by atoms with Crippen molar-refractivity contribution in [2.24, 2.45) is 0 Å². The minimum Gasteiger partial charge on any atom is -0.387 e. The van der Waals surface area contributed by atoms with Crippen LogP contribution in [0.15, 0.2) is 18.5 Å². The van der Waals surface area contributed by atoms with Crippen molar-refractivity contribution in [3.05, 3.63) is 24.0 Å². The highest BCUT2D eigenvalue weighted by Crippen LogP contribution is 2.12. The molecule has 1 aromatic heterocycles. The number of amides is 1. The second-order valence-corrected chi connectivity index (χ2v) is 5.04. The van der Waals surface area contributed by atoms with Crippen LogP contribution in [0.3, 0.4) is 0 Å². The number of hydrogen-bond donors (Lipinski definition) is 2. The summed E-state index contributed by atoms with van der Waals surface area (Å²) in [6, 6.07) is 1.79. The van der Waals surface area contributed by atoms with Gasteiger partial charge in [-0.1, -0.05) is 6.92 Å². The molecular formula is C12H19N3OS. The number of rotatable bonds is 6. The Bertz CT molecular complexity index is 371. The molecule has 1 amide bonds. The zero-order valence-electron chi connectivity index (χ0n) is 10.5. The summed E-state index contributed by atoms with van der Waals surface area (Å²) in [5, 5.41) is 6.45. The SMILES string of the molecule is CNc1ccncc1C(=O)NCCC(C)SC. The summed E-state index contributed by atoms with van der Waals surface area (Å²) in [4.78, 5) is 15.9. The summed E-state index contributed by atoms with van der Waals surface area (Å²) < 4.78 is 0. The zero-order chi connectivity index (χ0) is 12.7. The van der Waals surface area contributed by atoms with E-state index >= 15 is 0 Å². The molecule has 0 radical (unpaired) electrons. The molecule has 1 aromatic rings. The molecule has 0 aromatic carbocycles. The van der Waals surface area contributed by atoms with Gasteiger partial charge < -0.3 is 10.6 Å². The lowest BCUT2D eigenvalue weighted by Gasteiger charge is -2.11. The Morgan fingerprint density at radius 1 is 1.59 bits per heavy atom. The minimum atomic E-state index is -0.0734. The van der Waals surface area contributed by atoms with Crippen molar-refractivity contribution in [3.63, 3.8) is 0 Å². The molecule has 1 heterocycles. The monoisotopic (exact) mass is 253 g/mol. The minimum absolute atomic E-state index is 0.0734. The third kappa shape index (κ3) is 4.26. The molecule has 94 valence electrons. The van der Waals surface area contributed by atoms with E-state index in [0.29, 0.717) is 17.4 Å². The molecule has 0 bridgehead atoms. The number of pyridine rings is 1. The fourth-order valence-corrected chi connectivity index (χ4v) is 1.75. The van der Waals surface area contributed by atoms with Crippen molar-refractivity contribution < 1.29 is 4.79 Å². The molecule has 1 unspecified atom stereocenters. The van der Waals surface area contributed by atoms with Gasteiger partial charge in [-0.15, -0.1) is 0 Å². The van der Waals surface area contributed by atoms with Gasteiger partial charge in [0.05, 0.1) is 5.56 Å². The van der Waals surface area contributed by atoms with Gasteiger partial charge in [0.25, 0.3) is 5.91 Å². The Morgan fingerprint density at radius 2 is 2.35 bits per heavy atom. The van der Waals surface area contributed by atoms with E-state index in [2.05, 4.69) is 28.8 Å². The fourth-order valence-electron chi connectivity index (χ4n) is 1.40. The van der Waals surface area contributed by atoms with Crippen LogP contribution in [0.25, 0.3) is 0 Å². The van der Waals surface area contributed by atoms with Gasteiger partial charge in [-0.2, -0.15) is 11.8 Å². The molecule has 1 rings (SSSR count). The van der Waals surface area contributed by atoms with E-state index in [9.17, 15) is 4.79 Å². The van der Waals surface area contributed by atoms with Crippen LogP contribution in [0.1, 0.15) is 23.7 Å². The van der Waals surface area contributed by atoms with Gasteiger partial charge in [0, 0.05) is 36.9 Å². The Labute approximate surface area is 107 Å². The van der Waals surface area contributed by atoms with Crippen LogP contribution in [-0.2, 0) is 0 Å². The zero-order valence-corrected chi connectivity index (χ0v) is 11.3. The third-order valence-electron chi connectivity index (χ3n) is 2.57. The van der Waals surface area contributed by atoms with Crippen LogP contribution in [0.2, 0.25) is 0 Å². The molecule has 5 heteroatoms. The molecular weight excluding hydrogens is 234 g/mol. The highest BCUT2D eigenvalue weighted by molar-refractivity contribution is 7.99. The first-order chi connectivity index (χ1) is 8.19. The van der Waals surface area contributed by atoms with E-state index in [-0.39, 0.29) is 5.91 Å². The summed E-state index contributed by atoms with van der Waals surface area (Å²) in [5.74, 6) is -0.0734. The predicted octanol–water partition coefficient (Wildman–Crippen LogP) is 1.99. The Kier molecular flexibility index (Phi) is 5.83. The molecule has 0 spiro atoms. The van der Waals surface area contributed by atoms with E-state index < -0.39 is 0 Å². The maximum Gasteiger partial charge on any atom is 0.254 e. The summed E-state index contributed by atoms with van der Waals surface area (Å²) in [6.45, 7) is 2.85. The maximum absolute atomic E-state index is 11.9. The molecule has 1 atom stereocenters. The van der Waals surface area contributed by atoms with E-state index in [0.717, 1.165) is 12.1 Å². The number of carbonyl (C=O) groups is 1. The van der Waals surface area contributed by atoms with E-state index in [1.165, 1.54) is 0 Å². The first kappa shape index (κ1) is 13.8. The van der Waals surface area contributed by atoms with Crippen LogP contribution in [0, 0.1) is 0 Å². The van der Waals surface area contributed by atoms with Crippen LogP contribution in [-0.4, -0.2) is 36.0 Å². The number of anilines is 1. The smallest absolute Gasteiger partial charge is 0.254 e. The number of aromatic nitrogens is 1. The van der Waals surface area contributed by atoms with Crippen molar-refractivity contribution in [3.8, 4) is 0 Å². The third-order valence-corrected chi connectivity index (χ3v) is 3.61. The number of thioether (sulfide) groups is 1. The summed E-state index contributed by atoms with van der Waals surface area (Å²) in [5.41, 5.74) is 1.39. The van der Waals surface area contributed by atoms with E-state index in [4.69, 9.17) is 0 Å². The molecule has 0 saturated heterocycles. The fraction of sp³-hybridized carbons (Fsp3) is 0.500. The summed E-state index contributed by atoms with van der Waals surface area (Å²) >= 11 is 1.80. The highest BCUT2D eigenvalue weighted by Gasteiger charge is 2.10. The van der Waals surface area contributed by atoms with Gasteiger partial charge >= 0.3 is 0 Å². The number of hydrogen-bond acceptors (Lipinski definition) is 4. The van der Waals surface area contributed by atoms with Crippen molar-refractivity contribution in [2.45, 2.75) is 18.6 Å². The van der Waals surface area contributed by atoms with E-state index in [1.54, 1.807) is 37.3 Å². The lowest BCUT2D eigenvalue weighted by molar-refractivity contribution is 0.0954. The van der Waals surface area contributed by atoms with Crippen molar-refractivity contribution in [2.75, 3.05) is 25.2 Å². The number of nitrogens with one attached hydrogen (secondary N) is 2. The second kappa shape index (κ2) is 7.17. The molecule has 0 aliphatic heterocycles. The first-order valence-corrected chi connectivity index (χ1v) is 6.90. The Morgan fingerprint density at radius 3 is 3.00 bits per heavy atom. The average Bonchev–Trinajstić information content (AvgIpc) is 2.38. The van der Waals surface area contributed by atoms with E-state index in [1.807, 2.05) is 0 Å². The highest BCUT2D eigenvalue weighted by atomic mass is 32.2. The average molecular weight is 253 g/mol. The largest absolute Gasteiger partial charge is 0.387 e. The van der Waals surface area contributed by atoms with Gasteiger partial charge in [-0.05, 0) is 18.7 Å². The molecule has 0 fully saturated rings. The van der Waals surface area contributed by atoms with Crippen molar-refractivity contribution in [1.82, 2.24) is 10.3 Å². The lowest BCUT2D eigenvalue weighted by atomic mass is 10.2. The van der Waals surface area contributed by atoms with Gasteiger partial charge in [0.1, 0.15) is 0 Å². The molecule has 0 saturated carbocycles. The molecule has 4 nitrogen and oxygen atoms in total. The van der Waals surface area contributed by atoms with Crippen LogP contribution < -0.4 is 10.6 Å². The quantitative estimate of drug-likeness (QED) is 0.814. The van der Waals surface area contributed by atoms with Gasteiger partial charge in [0.15, 0.2) is 0 Å². The standard InChI is InChI=1S/C12H19N3OS/c1-9(17-3)4-7-15-12(16)10-8-14-6-5-11(10)13-2/h5-6,8-9H,4,7H2,1-3H3,(H,13,14)(H,15,16). The van der Waals surface area contributed by atoms with Crippen LogP contribution >= 0.6 is 11.8 Å². The van der Waals surface area contributed by atoms with Crippen LogP contribution in [0.4, 0.5) is 5.69 Å². The Balaban J connectivity index is 2.52. The van der Waals surface area contributed by atoms with Crippen LogP contribution in [0.5, 0.6) is 0 Å². The topological polar surface area (TPSA) is 54.0 Å². The predicted molar refractivity (Wildman–Crippen MR) is 73.7 cm³/mol. The maximum atomic E-state index is 11.9. The van der Waals surface area contributed by atoms with Crippen molar-refractivity contribution in [1.29, 1.82) is 0 Å².